The molecule has 142 valence electrons. The van der Waals surface area contributed by atoms with Crippen molar-refractivity contribution in [3.63, 3.8) is 0 Å². The lowest BCUT2D eigenvalue weighted by Crippen LogP contribution is -2.31. The second-order valence-electron chi connectivity index (χ2n) is 6.64. The fourth-order valence-corrected chi connectivity index (χ4v) is 3.20. The minimum absolute atomic E-state index is 0.134. The van der Waals surface area contributed by atoms with Crippen LogP contribution in [-0.4, -0.2) is 58.1 Å². The Morgan fingerprint density at radius 1 is 1.27 bits per heavy atom. The normalized spacial score (nSPS) is 16.8. The molecule has 6 nitrogen and oxygen atoms in total. The average molecular weight is 369 g/mol. The Hall–Kier alpha value is -2.16. The van der Waals surface area contributed by atoms with Gasteiger partial charge in [-0.05, 0) is 51.0 Å². The standard InChI is InChI=1S/C17H22F3N5O/c1-24-8-5-12(6-9-24)10-14-22-15(25(23-14)11-17(18,19)20)13-4-3-7-21-16(13)26-2/h3-4,7,12H,5-6,8-11H2,1-2H3. The Morgan fingerprint density at radius 3 is 2.65 bits per heavy atom. The fourth-order valence-electron chi connectivity index (χ4n) is 3.20. The molecule has 0 N–H and O–H groups in total. The highest BCUT2D eigenvalue weighted by Gasteiger charge is 2.31. The summed E-state index contributed by atoms with van der Waals surface area (Å²) in [5.41, 5.74) is 0.404. The number of pyridine rings is 1. The zero-order valence-electron chi connectivity index (χ0n) is 14.8. The van der Waals surface area contributed by atoms with Crippen molar-refractivity contribution in [1.29, 1.82) is 0 Å². The van der Waals surface area contributed by atoms with Crippen molar-refractivity contribution in [3.8, 4) is 17.3 Å². The van der Waals surface area contributed by atoms with E-state index in [1.807, 2.05) is 0 Å². The van der Waals surface area contributed by atoms with Crippen molar-refractivity contribution >= 4 is 0 Å². The molecular formula is C17H22F3N5O. The number of likely N-dealkylation sites (tertiary alicyclic amines) is 1. The molecule has 3 heterocycles. The maximum Gasteiger partial charge on any atom is 0.408 e. The molecule has 1 aliphatic heterocycles. The molecule has 0 aromatic carbocycles. The summed E-state index contributed by atoms with van der Waals surface area (Å²) in [5.74, 6) is 1.19. The van der Waals surface area contributed by atoms with Gasteiger partial charge in [0, 0.05) is 12.6 Å². The largest absolute Gasteiger partial charge is 0.480 e. The average Bonchev–Trinajstić information content (AvgIpc) is 2.97. The van der Waals surface area contributed by atoms with E-state index in [1.165, 1.54) is 13.3 Å². The Labute approximate surface area is 150 Å². The van der Waals surface area contributed by atoms with E-state index >= 15 is 0 Å². The van der Waals surface area contributed by atoms with Crippen LogP contribution in [0.25, 0.3) is 11.4 Å². The highest BCUT2D eigenvalue weighted by Crippen LogP contribution is 2.29. The third-order valence-corrected chi connectivity index (χ3v) is 4.56. The molecule has 0 spiro atoms. The van der Waals surface area contributed by atoms with Crippen LogP contribution in [0.4, 0.5) is 13.2 Å². The molecule has 0 amide bonds. The molecular weight excluding hydrogens is 347 g/mol. The number of aromatic nitrogens is 4. The number of piperidine rings is 1. The summed E-state index contributed by atoms with van der Waals surface area (Å²) in [6, 6.07) is 3.28. The molecule has 1 saturated heterocycles. The van der Waals surface area contributed by atoms with Crippen LogP contribution in [-0.2, 0) is 13.0 Å². The van der Waals surface area contributed by atoms with Crippen LogP contribution in [0, 0.1) is 5.92 Å². The van der Waals surface area contributed by atoms with E-state index < -0.39 is 12.7 Å². The van der Waals surface area contributed by atoms with Gasteiger partial charge in [-0.1, -0.05) is 0 Å². The minimum atomic E-state index is -4.39. The third-order valence-electron chi connectivity index (χ3n) is 4.56. The van der Waals surface area contributed by atoms with Crippen LogP contribution in [0.1, 0.15) is 18.7 Å². The fraction of sp³-hybridized carbons (Fsp3) is 0.588. The van der Waals surface area contributed by atoms with Crippen LogP contribution < -0.4 is 4.74 Å². The van der Waals surface area contributed by atoms with Crippen LogP contribution in [0.3, 0.4) is 0 Å². The number of rotatable bonds is 5. The summed E-state index contributed by atoms with van der Waals surface area (Å²) in [5, 5.41) is 4.15. The molecule has 3 rings (SSSR count). The predicted octanol–water partition coefficient (Wildman–Crippen LogP) is 2.80. The molecule has 2 aromatic heterocycles. The first-order chi connectivity index (χ1) is 12.4. The number of methoxy groups -OCH3 is 1. The second kappa shape index (κ2) is 7.61. The lowest BCUT2D eigenvalue weighted by molar-refractivity contribution is -0.142. The van der Waals surface area contributed by atoms with Gasteiger partial charge in [-0.15, -0.1) is 0 Å². The molecule has 2 aromatic rings. The van der Waals surface area contributed by atoms with Gasteiger partial charge in [-0.2, -0.15) is 18.3 Å². The zero-order valence-corrected chi connectivity index (χ0v) is 14.8. The van der Waals surface area contributed by atoms with Gasteiger partial charge < -0.3 is 9.64 Å². The van der Waals surface area contributed by atoms with Gasteiger partial charge in [-0.25, -0.2) is 14.6 Å². The number of halogens is 3. The third kappa shape index (κ3) is 4.51. The van der Waals surface area contributed by atoms with Crippen LogP contribution >= 0.6 is 0 Å². The highest BCUT2D eigenvalue weighted by atomic mass is 19.4. The zero-order chi connectivity index (χ0) is 18.7. The van der Waals surface area contributed by atoms with Crippen molar-refractivity contribution in [2.24, 2.45) is 5.92 Å². The molecule has 0 radical (unpaired) electrons. The molecule has 0 bridgehead atoms. The highest BCUT2D eigenvalue weighted by molar-refractivity contribution is 5.61. The van der Waals surface area contributed by atoms with Crippen LogP contribution in [0.15, 0.2) is 18.3 Å². The Morgan fingerprint density at radius 2 is 2.00 bits per heavy atom. The second-order valence-corrected chi connectivity index (χ2v) is 6.64. The number of hydrogen-bond donors (Lipinski definition) is 0. The van der Waals surface area contributed by atoms with Gasteiger partial charge in [0.15, 0.2) is 11.6 Å². The first-order valence-corrected chi connectivity index (χ1v) is 8.54. The lowest BCUT2D eigenvalue weighted by Gasteiger charge is -2.28. The number of alkyl halides is 3. The van der Waals surface area contributed by atoms with Crippen molar-refractivity contribution in [2.75, 3.05) is 27.2 Å². The monoisotopic (exact) mass is 369 g/mol. The first-order valence-electron chi connectivity index (χ1n) is 8.54. The van der Waals surface area contributed by atoms with E-state index in [2.05, 4.69) is 27.0 Å². The first kappa shape index (κ1) is 18.6. The predicted molar refractivity (Wildman–Crippen MR) is 89.8 cm³/mol. The van der Waals surface area contributed by atoms with E-state index in [0.717, 1.165) is 30.6 Å². The molecule has 1 aliphatic rings. The van der Waals surface area contributed by atoms with Crippen LogP contribution in [0.5, 0.6) is 5.88 Å². The lowest BCUT2D eigenvalue weighted by atomic mass is 9.94. The SMILES string of the molecule is COc1ncccc1-c1nc(CC2CCN(C)CC2)nn1CC(F)(F)F. The van der Waals surface area contributed by atoms with E-state index in [1.54, 1.807) is 12.1 Å². The maximum atomic E-state index is 13.0. The minimum Gasteiger partial charge on any atom is -0.480 e. The molecule has 0 aliphatic carbocycles. The van der Waals surface area contributed by atoms with Gasteiger partial charge in [-0.3, -0.25) is 0 Å². The smallest absolute Gasteiger partial charge is 0.408 e. The van der Waals surface area contributed by atoms with Crippen LogP contribution in [0.2, 0.25) is 0 Å². The van der Waals surface area contributed by atoms with Crippen molar-refractivity contribution in [2.45, 2.75) is 32.0 Å². The van der Waals surface area contributed by atoms with Gasteiger partial charge in [0.25, 0.3) is 0 Å². The number of ether oxygens (including phenoxy) is 1. The summed E-state index contributed by atoms with van der Waals surface area (Å²) in [7, 11) is 3.50. The molecule has 9 heteroatoms. The summed E-state index contributed by atoms with van der Waals surface area (Å²) >= 11 is 0. The summed E-state index contributed by atoms with van der Waals surface area (Å²) in [6.45, 7) is 0.773. The molecule has 0 unspecified atom stereocenters. The van der Waals surface area contributed by atoms with Gasteiger partial charge in [0.2, 0.25) is 5.88 Å². The Balaban J connectivity index is 1.90. The summed E-state index contributed by atoms with van der Waals surface area (Å²) in [6.07, 6.45) is -0.297. The number of nitrogens with zero attached hydrogens (tertiary/aromatic N) is 5. The molecule has 1 fully saturated rings. The Bertz CT molecular complexity index is 738. The van der Waals surface area contributed by atoms with E-state index in [-0.39, 0.29) is 11.7 Å². The van der Waals surface area contributed by atoms with Gasteiger partial charge in [0.05, 0.1) is 12.7 Å². The molecule has 26 heavy (non-hydrogen) atoms. The van der Waals surface area contributed by atoms with E-state index in [4.69, 9.17) is 4.74 Å². The quantitative estimate of drug-likeness (QED) is 0.811. The molecule has 0 atom stereocenters. The van der Waals surface area contributed by atoms with Gasteiger partial charge >= 0.3 is 6.18 Å². The van der Waals surface area contributed by atoms with Gasteiger partial charge in [0.1, 0.15) is 6.54 Å². The van der Waals surface area contributed by atoms with E-state index in [0.29, 0.717) is 23.7 Å². The van der Waals surface area contributed by atoms with Crippen molar-refractivity contribution in [1.82, 2.24) is 24.6 Å². The van der Waals surface area contributed by atoms with Crippen molar-refractivity contribution < 1.29 is 17.9 Å². The summed E-state index contributed by atoms with van der Waals surface area (Å²) < 4.78 is 45.1. The maximum absolute atomic E-state index is 13.0. The number of hydrogen-bond acceptors (Lipinski definition) is 5. The molecule has 0 saturated carbocycles. The van der Waals surface area contributed by atoms with E-state index in [9.17, 15) is 13.2 Å². The summed E-state index contributed by atoms with van der Waals surface area (Å²) in [4.78, 5) is 10.7. The topological polar surface area (TPSA) is 56.1 Å². The Kier molecular flexibility index (Phi) is 5.45. The van der Waals surface area contributed by atoms with Crippen molar-refractivity contribution in [3.05, 3.63) is 24.2 Å².